The summed E-state index contributed by atoms with van der Waals surface area (Å²) in [5.74, 6) is -0.763. The van der Waals surface area contributed by atoms with Gasteiger partial charge in [0.25, 0.3) is 0 Å². The SMILES string of the molecule is C[C@@]1(c2ccccc2)CC(c2ccccc2)=C[C@@](O)(c2ccccc2)[C@H]1C(=O)c1ccccc1. The molecule has 5 rings (SSSR count). The first kappa shape index (κ1) is 22.1. The first-order chi connectivity index (χ1) is 16.5. The third-order valence-corrected chi connectivity index (χ3v) is 7.16. The van der Waals surface area contributed by atoms with Crippen LogP contribution in [0.2, 0.25) is 0 Å². The van der Waals surface area contributed by atoms with E-state index in [1.807, 2.05) is 103 Å². The number of aliphatic hydroxyl groups is 1. The van der Waals surface area contributed by atoms with Gasteiger partial charge in [-0.15, -0.1) is 0 Å². The minimum atomic E-state index is -1.48. The molecule has 34 heavy (non-hydrogen) atoms. The summed E-state index contributed by atoms with van der Waals surface area (Å²) in [6.45, 7) is 2.12. The van der Waals surface area contributed by atoms with Crippen molar-refractivity contribution in [2.45, 2.75) is 24.4 Å². The molecule has 0 heterocycles. The second-order valence-electron chi connectivity index (χ2n) is 9.35. The molecule has 0 aliphatic heterocycles. The largest absolute Gasteiger partial charge is 0.380 e. The van der Waals surface area contributed by atoms with E-state index in [0.29, 0.717) is 12.0 Å². The Morgan fingerprint density at radius 2 is 1.18 bits per heavy atom. The lowest BCUT2D eigenvalue weighted by molar-refractivity contribution is -0.00846. The van der Waals surface area contributed by atoms with Crippen molar-refractivity contribution in [3.8, 4) is 0 Å². The molecule has 3 atom stereocenters. The van der Waals surface area contributed by atoms with Gasteiger partial charge in [-0.3, -0.25) is 4.79 Å². The molecule has 0 bridgehead atoms. The predicted octanol–water partition coefficient (Wildman–Crippen LogP) is 6.82. The number of allylic oxidation sites excluding steroid dienone is 1. The van der Waals surface area contributed by atoms with Crippen molar-refractivity contribution in [2.24, 2.45) is 5.92 Å². The maximum Gasteiger partial charge on any atom is 0.170 e. The summed E-state index contributed by atoms with van der Waals surface area (Å²) >= 11 is 0. The van der Waals surface area contributed by atoms with Crippen molar-refractivity contribution < 1.29 is 9.90 Å². The highest BCUT2D eigenvalue weighted by Gasteiger charge is 2.55. The quantitative estimate of drug-likeness (QED) is 0.343. The van der Waals surface area contributed by atoms with Gasteiger partial charge >= 0.3 is 0 Å². The number of Topliss-reactive ketones (excluding diaryl/α,β-unsaturated/α-hetero) is 1. The second kappa shape index (κ2) is 8.89. The van der Waals surface area contributed by atoms with Gasteiger partial charge in [0.2, 0.25) is 0 Å². The van der Waals surface area contributed by atoms with Crippen LogP contribution in [0.4, 0.5) is 0 Å². The van der Waals surface area contributed by atoms with Gasteiger partial charge in [0.15, 0.2) is 5.78 Å². The van der Waals surface area contributed by atoms with Crippen molar-refractivity contribution in [2.75, 3.05) is 0 Å². The number of hydrogen-bond donors (Lipinski definition) is 1. The van der Waals surface area contributed by atoms with Gasteiger partial charge in [0.05, 0.1) is 5.92 Å². The Kier molecular flexibility index (Phi) is 5.77. The van der Waals surface area contributed by atoms with Crippen molar-refractivity contribution in [1.29, 1.82) is 0 Å². The molecule has 0 amide bonds. The van der Waals surface area contributed by atoms with Crippen LogP contribution in [-0.2, 0) is 11.0 Å². The molecule has 0 saturated heterocycles. The minimum absolute atomic E-state index is 0.0540. The molecule has 0 fully saturated rings. The minimum Gasteiger partial charge on any atom is -0.380 e. The Balaban J connectivity index is 1.80. The van der Waals surface area contributed by atoms with Crippen LogP contribution in [-0.4, -0.2) is 10.9 Å². The summed E-state index contributed by atoms with van der Waals surface area (Å²) in [6.07, 6.45) is 2.56. The molecule has 0 radical (unpaired) electrons. The van der Waals surface area contributed by atoms with E-state index >= 15 is 0 Å². The molecular weight excluding hydrogens is 416 g/mol. The Hall–Kier alpha value is -3.75. The molecule has 0 spiro atoms. The summed E-state index contributed by atoms with van der Waals surface area (Å²) in [4.78, 5) is 14.2. The summed E-state index contributed by atoms with van der Waals surface area (Å²) < 4.78 is 0. The number of ketones is 1. The molecule has 4 aromatic carbocycles. The standard InChI is InChI=1S/C32H28O2/c1-31(27-18-10-4-11-19-27)22-26(24-14-6-2-7-15-24)23-32(34,28-20-12-5-13-21-28)30(31)29(33)25-16-8-3-9-17-25/h2-21,23,30,34H,22H2,1H3/t30-,31-,32+/m0/s1. The molecule has 1 aliphatic rings. The molecule has 2 heteroatoms. The Morgan fingerprint density at radius 1 is 0.706 bits per heavy atom. The van der Waals surface area contributed by atoms with Crippen molar-refractivity contribution >= 4 is 11.4 Å². The van der Waals surface area contributed by atoms with E-state index in [1.54, 1.807) is 0 Å². The first-order valence-corrected chi connectivity index (χ1v) is 11.7. The van der Waals surface area contributed by atoms with E-state index in [0.717, 1.165) is 22.3 Å². The lowest BCUT2D eigenvalue weighted by atomic mass is 9.54. The lowest BCUT2D eigenvalue weighted by Gasteiger charge is -2.49. The third kappa shape index (κ3) is 3.81. The summed E-state index contributed by atoms with van der Waals surface area (Å²) in [6, 6.07) is 39.3. The monoisotopic (exact) mass is 444 g/mol. The summed E-state index contributed by atoms with van der Waals surface area (Å²) in [5, 5.41) is 12.6. The molecule has 0 unspecified atom stereocenters. The summed E-state index contributed by atoms with van der Waals surface area (Å²) in [5.41, 5.74) is 2.35. The molecule has 0 saturated carbocycles. The molecule has 0 aromatic heterocycles. The van der Waals surface area contributed by atoms with Crippen molar-refractivity contribution in [3.05, 3.63) is 150 Å². The topological polar surface area (TPSA) is 37.3 Å². The van der Waals surface area contributed by atoms with E-state index in [-0.39, 0.29) is 5.78 Å². The van der Waals surface area contributed by atoms with Crippen LogP contribution in [0.1, 0.15) is 40.4 Å². The fraction of sp³-hybridized carbons (Fsp3) is 0.156. The van der Waals surface area contributed by atoms with Gasteiger partial charge in [-0.25, -0.2) is 0 Å². The molecule has 1 aliphatic carbocycles. The zero-order valence-electron chi connectivity index (χ0n) is 19.3. The van der Waals surface area contributed by atoms with Gasteiger partial charge in [0.1, 0.15) is 5.60 Å². The maximum absolute atomic E-state index is 14.2. The van der Waals surface area contributed by atoms with Crippen LogP contribution < -0.4 is 0 Å². The van der Waals surface area contributed by atoms with Crippen LogP contribution >= 0.6 is 0 Å². The van der Waals surface area contributed by atoms with Gasteiger partial charge in [-0.1, -0.05) is 128 Å². The number of carbonyl (C=O) groups is 1. The number of hydrogen-bond acceptors (Lipinski definition) is 2. The van der Waals surface area contributed by atoms with E-state index in [4.69, 9.17) is 0 Å². The number of benzene rings is 4. The fourth-order valence-corrected chi connectivity index (χ4v) is 5.52. The van der Waals surface area contributed by atoms with Crippen LogP contribution in [0.3, 0.4) is 0 Å². The van der Waals surface area contributed by atoms with Crippen molar-refractivity contribution in [3.63, 3.8) is 0 Å². The Morgan fingerprint density at radius 3 is 1.74 bits per heavy atom. The normalized spacial score (nSPS) is 24.3. The molecule has 168 valence electrons. The Bertz CT molecular complexity index is 1300. The van der Waals surface area contributed by atoms with Crippen LogP contribution in [0.5, 0.6) is 0 Å². The molecule has 4 aromatic rings. The highest BCUT2D eigenvalue weighted by Crippen LogP contribution is 2.54. The van der Waals surface area contributed by atoms with Gasteiger partial charge in [0, 0.05) is 11.0 Å². The second-order valence-corrected chi connectivity index (χ2v) is 9.35. The molecule has 2 nitrogen and oxygen atoms in total. The lowest BCUT2D eigenvalue weighted by Crippen LogP contribution is -2.53. The van der Waals surface area contributed by atoms with Gasteiger partial charge < -0.3 is 5.11 Å². The first-order valence-electron chi connectivity index (χ1n) is 11.7. The fourth-order valence-electron chi connectivity index (χ4n) is 5.52. The molecular formula is C32H28O2. The summed E-state index contributed by atoms with van der Waals surface area (Å²) in [7, 11) is 0. The van der Waals surface area contributed by atoms with Crippen LogP contribution in [0.25, 0.3) is 5.57 Å². The van der Waals surface area contributed by atoms with E-state index in [2.05, 4.69) is 31.2 Å². The molecule has 1 N–H and O–H groups in total. The zero-order valence-corrected chi connectivity index (χ0v) is 19.3. The maximum atomic E-state index is 14.2. The number of rotatable bonds is 5. The average molecular weight is 445 g/mol. The highest BCUT2D eigenvalue weighted by molar-refractivity contribution is 6.01. The predicted molar refractivity (Wildman–Crippen MR) is 137 cm³/mol. The van der Waals surface area contributed by atoms with Crippen LogP contribution in [0.15, 0.2) is 127 Å². The van der Waals surface area contributed by atoms with Gasteiger partial charge in [-0.05, 0) is 34.8 Å². The van der Waals surface area contributed by atoms with E-state index in [1.165, 1.54) is 0 Å². The van der Waals surface area contributed by atoms with Crippen LogP contribution in [0, 0.1) is 5.92 Å². The van der Waals surface area contributed by atoms with E-state index in [9.17, 15) is 9.90 Å². The van der Waals surface area contributed by atoms with E-state index < -0.39 is 16.9 Å². The highest BCUT2D eigenvalue weighted by atomic mass is 16.3. The third-order valence-electron chi connectivity index (χ3n) is 7.16. The van der Waals surface area contributed by atoms with Crippen molar-refractivity contribution in [1.82, 2.24) is 0 Å². The zero-order chi connectivity index (χ0) is 23.6. The average Bonchev–Trinajstić information content (AvgIpc) is 2.90. The smallest absolute Gasteiger partial charge is 0.170 e. The van der Waals surface area contributed by atoms with Gasteiger partial charge in [-0.2, -0.15) is 0 Å². The number of carbonyl (C=O) groups excluding carboxylic acids is 1. The Labute approximate surface area is 201 Å².